The minimum Gasteiger partial charge on any atom is -0.326 e. The van der Waals surface area contributed by atoms with Crippen LogP contribution in [0.4, 0.5) is 5.69 Å². The average molecular weight is 274 g/mol. The van der Waals surface area contributed by atoms with Gasteiger partial charge in [0, 0.05) is 10.7 Å². The Hall–Kier alpha value is -1.80. The molecule has 0 heterocycles. The van der Waals surface area contributed by atoms with E-state index in [-0.39, 0.29) is 5.91 Å². The fourth-order valence-corrected chi connectivity index (χ4v) is 2.06. The molecule has 2 aromatic rings. The summed E-state index contributed by atoms with van der Waals surface area (Å²) in [4.78, 5) is 12.0. The minimum atomic E-state index is -0.0109. The zero-order valence-electron chi connectivity index (χ0n) is 10.8. The molecular formula is C16H16ClNO. The average Bonchev–Trinajstić information content (AvgIpc) is 2.42. The highest BCUT2D eigenvalue weighted by molar-refractivity contribution is 6.30. The second kappa shape index (κ2) is 6.39. The number of hydrogen-bond donors (Lipinski definition) is 1. The molecule has 0 aliphatic rings. The van der Waals surface area contributed by atoms with E-state index in [2.05, 4.69) is 12.2 Å². The number of halogens is 1. The summed E-state index contributed by atoms with van der Waals surface area (Å²) >= 11 is 5.82. The first-order valence-corrected chi connectivity index (χ1v) is 6.69. The van der Waals surface area contributed by atoms with Crippen LogP contribution < -0.4 is 5.32 Å². The van der Waals surface area contributed by atoms with Gasteiger partial charge in [-0.05, 0) is 35.7 Å². The molecule has 3 heteroatoms. The third-order valence-electron chi connectivity index (χ3n) is 2.95. The van der Waals surface area contributed by atoms with Crippen LogP contribution in [0.3, 0.4) is 0 Å². The summed E-state index contributed by atoms with van der Waals surface area (Å²) in [6, 6.07) is 15.2. The van der Waals surface area contributed by atoms with Gasteiger partial charge in [-0.25, -0.2) is 0 Å². The Morgan fingerprint density at radius 1 is 1.11 bits per heavy atom. The molecule has 0 radical (unpaired) electrons. The van der Waals surface area contributed by atoms with Crippen molar-refractivity contribution in [3.8, 4) is 0 Å². The standard InChI is InChI=1S/C16H16ClNO/c1-2-13-5-3-4-6-15(13)18-16(19)11-12-7-9-14(17)10-8-12/h3-10H,2,11H2,1H3,(H,18,19). The molecule has 0 bridgehead atoms. The van der Waals surface area contributed by atoms with E-state index in [0.29, 0.717) is 11.4 Å². The molecule has 0 spiro atoms. The third-order valence-corrected chi connectivity index (χ3v) is 3.20. The van der Waals surface area contributed by atoms with Gasteiger partial charge >= 0.3 is 0 Å². The lowest BCUT2D eigenvalue weighted by Gasteiger charge is -2.09. The highest BCUT2D eigenvalue weighted by Crippen LogP contribution is 2.16. The van der Waals surface area contributed by atoms with Crippen LogP contribution in [0.25, 0.3) is 0 Å². The molecule has 0 aromatic heterocycles. The Labute approximate surface area is 118 Å². The quantitative estimate of drug-likeness (QED) is 0.893. The van der Waals surface area contributed by atoms with Gasteiger partial charge in [-0.15, -0.1) is 0 Å². The largest absolute Gasteiger partial charge is 0.326 e. The van der Waals surface area contributed by atoms with Crippen LogP contribution in [0, 0.1) is 0 Å². The zero-order valence-corrected chi connectivity index (χ0v) is 11.6. The first-order chi connectivity index (χ1) is 9.19. The van der Waals surface area contributed by atoms with Crippen molar-refractivity contribution in [2.75, 3.05) is 5.32 Å². The van der Waals surface area contributed by atoms with Crippen molar-refractivity contribution in [1.29, 1.82) is 0 Å². The Bertz CT molecular complexity index is 563. The van der Waals surface area contributed by atoms with Crippen LogP contribution in [0.5, 0.6) is 0 Å². The second-order valence-electron chi connectivity index (χ2n) is 4.36. The molecule has 1 amide bonds. The van der Waals surface area contributed by atoms with Crippen molar-refractivity contribution >= 4 is 23.2 Å². The number of hydrogen-bond acceptors (Lipinski definition) is 1. The van der Waals surface area contributed by atoms with Gasteiger partial charge in [-0.3, -0.25) is 4.79 Å². The maximum Gasteiger partial charge on any atom is 0.228 e. The number of carbonyl (C=O) groups is 1. The molecule has 0 aliphatic heterocycles. The number of rotatable bonds is 4. The van der Waals surface area contributed by atoms with Gasteiger partial charge < -0.3 is 5.32 Å². The number of amides is 1. The molecular weight excluding hydrogens is 258 g/mol. The van der Waals surface area contributed by atoms with Crippen molar-refractivity contribution in [3.05, 3.63) is 64.7 Å². The van der Waals surface area contributed by atoms with Gasteiger partial charge in [0.05, 0.1) is 6.42 Å². The van der Waals surface area contributed by atoms with Gasteiger partial charge in [0.2, 0.25) is 5.91 Å². The fourth-order valence-electron chi connectivity index (χ4n) is 1.93. The van der Waals surface area contributed by atoms with Crippen molar-refractivity contribution in [2.24, 2.45) is 0 Å². The molecule has 98 valence electrons. The Morgan fingerprint density at radius 2 is 1.79 bits per heavy atom. The van der Waals surface area contributed by atoms with Crippen LogP contribution in [0.15, 0.2) is 48.5 Å². The number of anilines is 1. The Balaban J connectivity index is 2.03. The van der Waals surface area contributed by atoms with E-state index in [0.717, 1.165) is 23.2 Å². The maximum absolute atomic E-state index is 12.0. The van der Waals surface area contributed by atoms with Crippen LogP contribution in [0.2, 0.25) is 5.02 Å². The lowest BCUT2D eigenvalue weighted by atomic mass is 10.1. The van der Waals surface area contributed by atoms with Gasteiger partial charge in [0.15, 0.2) is 0 Å². The molecule has 2 aromatic carbocycles. The molecule has 0 aliphatic carbocycles. The summed E-state index contributed by atoms with van der Waals surface area (Å²) in [6.45, 7) is 2.07. The summed E-state index contributed by atoms with van der Waals surface area (Å²) in [5.74, 6) is -0.0109. The van der Waals surface area contributed by atoms with E-state index in [4.69, 9.17) is 11.6 Å². The normalized spacial score (nSPS) is 10.2. The molecule has 0 saturated heterocycles. The van der Waals surface area contributed by atoms with Crippen molar-refractivity contribution in [1.82, 2.24) is 0 Å². The molecule has 0 atom stereocenters. The molecule has 0 fully saturated rings. The first kappa shape index (κ1) is 13.6. The molecule has 0 saturated carbocycles. The number of nitrogens with one attached hydrogen (secondary N) is 1. The summed E-state index contributed by atoms with van der Waals surface area (Å²) in [6.07, 6.45) is 1.26. The summed E-state index contributed by atoms with van der Waals surface area (Å²) in [5, 5.41) is 3.63. The maximum atomic E-state index is 12.0. The smallest absolute Gasteiger partial charge is 0.228 e. The summed E-state index contributed by atoms with van der Waals surface area (Å²) in [7, 11) is 0. The molecule has 2 nitrogen and oxygen atoms in total. The van der Waals surface area contributed by atoms with E-state index in [1.165, 1.54) is 0 Å². The van der Waals surface area contributed by atoms with Crippen molar-refractivity contribution in [3.63, 3.8) is 0 Å². The number of benzene rings is 2. The van der Waals surface area contributed by atoms with Gasteiger partial charge in [-0.1, -0.05) is 48.9 Å². The zero-order chi connectivity index (χ0) is 13.7. The van der Waals surface area contributed by atoms with Crippen LogP contribution in [-0.4, -0.2) is 5.91 Å². The Kier molecular flexibility index (Phi) is 4.58. The van der Waals surface area contributed by atoms with Crippen LogP contribution >= 0.6 is 11.6 Å². The van der Waals surface area contributed by atoms with Crippen LogP contribution in [0.1, 0.15) is 18.1 Å². The van der Waals surface area contributed by atoms with E-state index in [9.17, 15) is 4.79 Å². The topological polar surface area (TPSA) is 29.1 Å². The molecule has 2 rings (SSSR count). The Morgan fingerprint density at radius 3 is 2.47 bits per heavy atom. The van der Waals surface area contributed by atoms with E-state index >= 15 is 0 Å². The number of carbonyl (C=O) groups excluding carboxylic acids is 1. The summed E-state index contributed by atoms with van der Waals surface area (Å²) in [5.41, 5.74) is 2.99. The monoisotopic (exact) mass is 273 g/mol. The highest BCUT2D eigenvalue weighted by atomic mass is 35.5. The number of para-hydroxylation sites is 1. The third kappa shape index (κ3) is 3.83. The van der Waals surface area contributed by atoms with Crippen molar-refractivity contribution in [2.45, 2.75) is 19.8 Å². The van der Waals surface area contributed by atoms with E-state index in [1.807, 2.05) is 36.4 Å². The van der Waals surface area contributed by atoms with E-state index < -0.39 is 0 Å². The van der Waals surface area contributed by atoms with Crippen molar-refractivity contribution < 1.29 is 4.79 Å². The van der Waals surface area contributed by atoms with Gasteiger partial charge in [-0.2, -0.15) is 0 Å². The fraction of sp³-hybridized carbons (Fsp3) is 0.188. The van der Waals surface area contributed by atoms with Crippen LogP contribution in [-0.2, 0) is 17.6 Å². The van der Waals surface area contributed by atoms with Gasteiger partial charge in [0.25, 0.3) is 0 Å². The lowest BCUT2D eigenvalue weighted by Crippen LogP contribution is -2.15. The number of aryl methyl sites for hydroxylation is 1. The predicted octanol–water partition coefficient (Wildman–Crippen LogP) is 4.08. The SMILES string of the molecule is CCc1ccccc1NC(=O)Cc1ccc(Cl)cc1. The minimum absolute atomic E-state index is 0.0109. The molecule has 0 unspecified atom stereocenters. The van der Waals surface area contributed by atoms with Gasteiger partial charge in [0.1, 0.15) is 0 Å². The molecule has 19 heavy (non-hydrogen) atoms. The lowest BCUT2D eigenvalue weighted by molar-refractivity contribution is -0.115. The molecule has 1 N–H and O–H groups in total. The summed E-state index contributed by atoms with van der Waals surface area (Å²) < 4.78 is 0. The predicted molar refractivity (Wildman–Crippen MR) is 79.6 cm³/mol. The second-order valence-corrected chi connectivity index (χ2v) is 4.80. The first-order valence-electron chi connectivity index (χ1n) is 6.31. The van der Waals surface area contributed by atoms with E-state index in [1.54, 1.807) is 12.1 Å². The highest BCUT2D eigenvalue weighted by Gasteiger charge is 2.06.